The second-order valence-corrected chi connectivity index (χ2v) is 4.08. The van der Waals surface area contributed by atoms with Crippen molar-refractivity contribution in [1.82, 2.24) is 9.55 Å². The van der Waals surface area contributed by atoms with Crippen LogP contribution in [0.3, 0.4) is 0 Å². The average molecular weight is 259 g/mol. The summed E-state index contributed by atoms with van der Waals surface area (Å²) in [5.41, 5.74) is 1.65. The average Bonchev–Trinajstić information content (AvgIpc) is 2.70. The highest BCUT2D eigenvalue weighted by Gasteiger charge is 2.03. The highest BCUT2D eigenvalue weighted by atomic mass is 35.5. The minimum atomic E-state index is -0.333. The molecule has 0 unspecified atom stereocenters. The molecule has 2 aromatic rings. The maximum Gasteiger partial charge on any atom is 0.124 e. The van der Waals surface area contributed by atoms with Crippen molar-refractivity contribution >= 4 is 23.2 Å². The first kappa shape index (κ1) is 11.4. The van der Waals surface area contributed by atoms with Crippen LogP contribution in [0.2, 0.25) is 5.02 Å². The first-order valence-electron chi connectivity index (χ1n) is 4.69. The van der Waals surface area contributed by atoms with Gasteiger partial charge in [-0.1, -0.05) is 17.7 Å². The van der Waals surface area contributed by atoms with Crippen molar-refractivity contribution in [2.24, 2.45) is 0 Å². The Morgan fingerprint density at radius 1 is 1.38 bits per heavy atom. The summed E-state index contributed by atoms with van der Waals surface area (Å²) in [6, 6.07) is 4.36. The summed E-state index contributed by atoms with van der Waals surface area (Å²) in [6.45, 7) is 0.559. The van der Waals surface area contributed by atoms with Crippen molar-refractivity contribution < 1.29 is 4.39 Å². The zero-order valence-electron chi connectivity index (χ0n) is 8.33. The van der Waals surface area contributed by atoms with Crippen LogP contribution in [-0.2, 0) is 12.4 Å². The van der Waals surface area contributed by atoms with Crippen molar-refractivity contribution in [3.8, 4) is 0 Å². The Balaban J connectivity index is 2.20. The van der Waals surface area contributed by atoms with Crippen molar-refractivity contribution in [2.45, 2.75) is 12.4 Å². The van der Waals surface area contributed by atoms with Gasteiger partial charge in [0.2, 0.25) is 0 Å². The van der Waals surface area contributed by atoms with Crippen LogP contribution in [0.15, 0.2) is 30.7 Å². The van der Waals surface area contributed by atoms with E-state index in [1.54, 1.807) is 12.4 Å². The van der Waals surface area contributed by atoms with Crippen LogP contribution in [-0.4, -0.2) is 9.55 Å². The summed E-state index contributed by atoms with van der Waals surface area (Å²) in [6.07, 6.45) is 3.52. The van der Waals surface area contributed by atoms with E-state index in [1.165, 1.54) is 12.1 Å². The van der Waals surface area contributed by atoms with E-state index in [4.69, 9.17) is 23.2 Å². The predicted octanol–water partition coefficient (Wildman–Crippen LogP) is 3.46. The van der Waals surface area contributed by atoms with E-state index < -0.39 is 0 Å². The Morgan fingerprint density at radius 3 is 2.81 bits per heavy atom. The van der Waals surface area contributed by atoms with Crippen LogP contribution in [0.4, 0.5) is 4.39 Å². The van der Waals surface area contributed by atoms with Gasteiger partial charge < -0.3 is 4.57 Å². The maximum absolute atomic E-state index is 12.8. The Hall–Kier alpha value is -1.06. The second-order valence-electron chi connectivity index (χ2n) is 3.41. The number of halogens is 3. The molecular weight excluding hydrogens is 250 g/mol. The van der Waals surface area contributed by atoms with Crippen LogP contribution < -0.4 is 0 Å². The lowest BCUT2D eigenvalue weighted by atomic mass is 10.2. The SMILES string of the molecule is Fc1ccc(Cn2cnc(CCl)c2)c(Cl)c1. The molecule has 1 heterocycles. The molecule has 0 amide bonds. The molecule has 0 spiro atoms. The van der Waals surface area contributed by atoms with Gasteiger partial charge >= 0.3 is 0 Å². The van der Waals surface area contributed by atoms with E-state index in [9.17, 15) is 4.39 Å². The molecule has 1 aromatic carbocycles. The van der Waals surface area contributed by atoms with Crippen LogP contribution in [0, 0.1) is 5.82 Å². The largest absolute Gasteiger partial charge is 0.333 e. The molecule has 0 fully saturated rings. The fourth-order valence-corrected chi connectivity index (χ4v) is 1.77. The quantitative estimate of drug-likeness (QED) is 0.772. The molecule has 0 aliphatic carbocycles. The predicted molar refractivity (Wildman–Crippen MR) is 62.3 cm³/mol. The normalized spacial score (nSPS) is 10.7. The van der Waals surface area contributed by atoms with Gasteiger partial charge in [0, 0.05) is 17.8 Å². The van der Waals surface area contributed by atoms with Gasteiger partial charge in [-0.2, -0.15) is 0 Å². The topological polar surface area (TPSA) is 17.8 Å². The molecule has 0 N–H and O–H groups in total. The fourth-order valence-electron chi connectivity index (χ4n) is 1.41. The molecule has 0 aliphatic heterocycles. The first-order chi connectivity index (χ1) is 7.69. The zero-order chi connectivity index (χ0) is 11.5. The smallest absolute Gasteiger partial charge is 0.124 e. The lowest BCUT2D eigenvalue weighted by molar-refractivity contribution is 0.626. The molecule has 0 atom stereocenters. The molecule has 2 rings (SSSR count). The number of alkyl halides is 1. The molecule has 16 heavy (non-hydrogen) atoms. The number of hydrogen-bond donors (Lipinski definition) is 0. The van der Waals surface area contributed by atoms with E-state index in [1.807, 2.05) is 10.8 Å². The maximum atomic E-state index is 12.8. The van der Waals surface area contributed by atoms with Gasteiger partial charge in [-0.15, -0.1) is 11.6 Å². The minimum Gasteiger partial charge on any atom is -0.333 e. The molecule has 0 saturated carbocycles. The minimum absolute atomic E-state index is 0.333. The molecular formula is C11H9Cl2FN2. The number of imidazole rings is 1. The van der Waals surface area contributed by atoms with Crippen LogP contribution in [0.5, 0.6) is 0 Å². The van der Waals surface area contributed by atoms with E-state index in [2.05, 4.69) is 4.98 Å². The second kappa shape index (κ2) is 4.85. The summed E-state index contributed by atoms with van der Waals surface area (Å²) < 4.78 is 14.7. The van der Waals surface area contributed by atoms with Crippen LogP contribution in [0.1, 0.15) is 11.3 Å². The lowest BCUT2D eigenvalue weighted by Crippen LogP contribution is -1.97. The Bertz CT molecular complexity index is 496. The Morgan fingerprint density at radius 2 is 2.19 bits per heavy atom. The molecule has 0 bridgehead atoms. The monoisotopic (exact) mass is 258 g/mol. The summed E-state index contributed by atoms with van der Waals surface area (Å²) >= 11 is 11.6. The third kappa shape index (κ3) is 2.54. The van der Waals surface area contributed by atoms with Gasteiger partial charge in [-0.25, -0.2) is 9.37 Å². The van der Waals surface area contributed by atoms with Gasteiger partial charge in [-0.3, -0.25) is 0 Å². The van der Waals surface area contributed by atoms with Crippen LogP contribution >= 0.6 is 23.2 Å². The van der Waals surface area contributed by atoms with Crippen molar-refractivity contribution in [2.75, 3.05) is 0 Å². The van der Waals surface area contributed by atoms with E-state index in [0.717, 1.165) is 11.3 Å². The van der Waals surface area contributed by atoms with E-state index in [-0.39, 0.29) is 5.82 Å². The molecule has 84 valence electrons. The van der Waals surface area contributed by atoms with E-state index in [0.29, 0.717) is 17.4 Å². The number of nitrogens with zero attached hydrogens (tertiary/aromatic N) is 2. The molecule has 0 aliphatic rings. The van der Waals surface area contributed by atoms with Gasteiger partial charge in [0.15, 0.2) is 0 Å². The fraction of sp³-hybridized carbons (Fsp3) is 0.182. The van der Waals surface area contributed by atoms with Crippen molar-refractivity contribution in [1.29, 1.82) is 0 Å². The summed E-state index contributed by atoms with van der Waals surface area (Å²) in [4.78, 5) is 4.09. The summed E-state index contributed by atoms with van der Waals surface area (Å²) in [5, 5.41) is 0.418. The third-order valence-corrected chi connectivity index (χ3v) is 2.82. The molecule has 1 aromatic heterocycles. The van der Waals surface area contributed by atoms with Crippen molar-refractivity contribution in [3.05, 3.63) is 52.8 Å². The third-order valence-electron chi connectivity index (χ3n) is 2.19. The van der Waals surface area contributed by atoms with Crippen molar-refractivity contribution in [3.63, 3.8) is 0 Å². The highest BCUT2D eigenvalue weighted by Crippen LogP contribution is 2.18. The van der Waals surface area contributed by atoms with Gasteiger partial charge in [-0.05, 0) is 17.7 Å². The standard InChI is InChI=1S/C11H9Cl2FN2/c12-4-10-6-16(7-15-10)5-8-1-2-9(14)3-11(8)13/h1-3,6-7H,4-5H2. The highest BCUT2D eigenvalue weighted by molar-refractivity contribution is 6.31. The molecule has 0 saturated heterocycles. The Kier molecular flexibility index (Phi) is 3.46. The summed E-state index contributed by atoms with van der Waals surface area (Å²) in [7, 11) is 0. The first-order valence-corrected chi connectivity index (χ1v) is 5.61. The molecule has 2 nitrogen and oxygen atoms in total. The number of aromatic nitrogens is 2. The Labute approximate surface area is 103 Å². The lowest BCUT2D eigenvalue weighted by Gasteiger charge is -2.04. The molecule has 0 radical (unpaired) electrons. The number of hydrogen-bond acceptors (Lipinski definition) is 1. The van der Waals surface area contributed by atoms with Gasteiger partial charge in [0.1, 0.15) is 5.82 Å². The van der Waals surface area contributed by atoms with Gasteiger partial charge in [0.05, 0.1) is 17.9 Å². The van der Waals surface area contributed by atoms with Crippen LogP contribution in [0.25, 0.3) is 0 Å². The number of rotatable bonds is 3. The van der Waals surface area contributed by atoms with E-state index >= 15 is 0 Å². The zero-order valence-corrected chi connectivity index (χ0v) is 9.84. The molecule has 5 heteroatoms. The summed E-state index contributed by atoms with van der Waals surface area (Å²) in [5.74, 6) is 0.0466. The number of benzene rings is 1. The van der Waals surface area contributed by atoms with Gasteiger partial charge in [0.25, 0.3) is 0 Å².